The van der Waals surface area contributed by atoms with E-state index in [-0.39, 0.29) is 36.4 Å². The molecule has 6 heteroatoms. The highest BCUT2D eigenvalue weighted by Crippen LogP contribution is 2.39. The first-order valence-electron chi connectivity index (χ1n) is 11.9. The molecular formula is C26H32N2O3S. The zero-order valence-corrected chi connectivity index (χ0v) is 19.6. The minimum atomic E-state index is -0.0814. The molecule has 1 aromatic carbocycles. The third kappa shape index (κ3) is 4.23. The molecule has 170 valence electrons. The molecular weight excluding hydrogens is 420 g/mol. The molecule has 3 heterocycles. The summed E-state index contributed by atoms with van der Waals surface area (Å²) in [5.41, 5.74) is 3.60. The van der Waals surface area contributed by atoms with Gasteiger partial charge in [-0.25, -0.2) is 0 Å². The van der Waals surface area contributed by atoms with Gasteiger partial charge in [0.2, 0.25) is 11.8 Å². The lowest BCUT2D eigenvalue weighted by atomic mass is 9.84. The van der Waals surface area contributed by atoms with Crippen LogP contribution in [0.25, 0.3) is 0 Å². The van der Waals surface area contributed by atoms with Crippen molar-refractivity contribution in [2.45, 2.75) is 57.6 Å². The van der Waals surface area contributed by atoms with Crippen LogP contribution in [-0.2, 0) is 20.7 Å². The van der Waals surface area contributed by atoms with Gasteiger partial charge in [-0.15, -0.1) is 11.3 Å². The lowest BCUT2D eigenvalue weighted by Crippen LogP contribution is -2.50. The van der Waals surface area contributed by atoms with Crippen LogP contribution in [0.15, 0.2) is 35.7 Å². The number of hydrogen-bond donors (Lipinski definition) is 0. The molecule has 1 aliphatic carbocycles. The summed E-state index contributed by atoms with van der Waals surface area (Å²) in [5.74, 6) is 0.266. The molecule has 5 rings (SSSR count). The standard InChI is InChI=1S/C26H32N2O3S/c1-18-6-2-3-10-21(18)25-22-12-15-32-23(22)11-13-28(25)24(29)17-27(16-20-9-5-14-31-20)26(30)19-7-4-8-19/h2-3,6,10,12,15,19-20,25H,4-5,7-9,11,13-14,16-17H2,1H3. The largest absolute Gasteiger partial charge is 0.376 e. The average Bonchev–Trinajstić information content (AvgIpc) is 3.43. The number of benzene rings is 1. The summed E-state index contributed by atoms with van der Waals surface area (Å²) in [6.45, 7) is 4.25. The van der Waals surface area contributed by atoms with E-state index in [1.54, 1.807) is 16.2 Å². The maximum atomic E-state index is 13.7. The molecule has 1 saturated carbocycles. The average molecular weight is 453 g/mol. The lowest BCUT2D eigenvalue weighted by Gasteiger charge is -2.39. The van der Waals surface area contributed by atoms with Crippen LogP contribution in [0, 0.1) is 12.8 Å². The maximum Gasteiger partial charge on any atom is 0.242 e. The Kier molecular flexibility index (Phi) is 6.33. The molecule has 3 aliphatic rings. The van der Waals surface area contributed by atoms with Gasteiger partial charge in [0.1, 0.15) is 0 Å². The zero-order valence-electron chi connectivity index (χ0n) is 18.8. The maximum absolute atomic E-state index is 13.7. The molecule has 2 amide bonds. The van der Waals surface area contributed by atoms with Crippen LogP contribution < -0.4 is 0 Å². The van der Waals surface area contributed by atoms with Crippen molar-refractivity contribution in [2.75, 3.05) is 26.2 Å². The summed E-state index contributed by atoms with van der Waals surface area (Å²) in [4.78, 5) is 32.1. The summed E-state index contributed by atoms with van der Waals surface area (Å²) >= 11 is 1.78. The molecule has 5 nitrogen and oxygen atoms in total. The quantitative estimate of drug-likeness (QED) is 0.655. The monoisotopic (exact) mass is 452 g/mol. The second-order valence-corrected chi connectivity index (χ2v) is 10.4. The van der Waals surface area contributed by atoms with E-state index in [1.807, 2.05) is 11.0 Å². The number of amides is 2. The molecule has 2 fully saturated rings. The number of hydrogen-bond acceptors (Lipinski definition) is 4. The van der Waals surface area contributed by atoms with Gasteiger partial charge in [0.25, 0.3) is 0 Å². The minimum Gasteiger partial charge on any atom is -0.376 e. The Morgan fingerprint density at radius 3 is 2.69 bits per heavy atom. The van der Waals surface area contributed by atoms with Gasteiger partial charge in [0.15, 0.2) is 0 Å². The number of carbonyl (C=O) groups is 2. The molecule has 1 saturated heterocycles. The first kappa shape index (κ1) is 21.7. The predicted molar refractivity (Wildman–Crippen MR) is 126 cm³/mol. The zero-order chi connectivity index (χ0) is 22.1. The van der Waals surface area contributed by atoms with Gasteiger partial charge in [0.05, 0.1) is 18.7 Å². The van der Waals surface area contributed by atoms with Gasteiger partial charge >= 0.3 is 0 Å². The summed E-state index contributed by atoms with van der Waals surface area (Å²) in [7, 11) is 0. The molecule has 1 aromatic heterocycles. The number of ether oxygens (including phenoxy) is 1. The summed E-state index contributed by atoms with van der Waals surface area (Å²) in [6.07, 6.45) is 5.95. The molecule has 0 bridgehead atoms. The van der Waals surface area contributed by atoms with Crippen molar-refractivity contribution in [2.24, 2.45) is 5.92 Å². The van der Waals surface area contributed by atoms with Gasteiger partial charge in [-0.3, -0.25) is 9.59 Å². The van der Waals surface area contributed by atoms with Crippen LogP contribution in [0.3, 0.4) is 0 Å². The van der Waals surface area contributed by atoms with Crippen molar-refractivity contribution in [3.05, 3.63) is 57.3 Å². The van der Waals surface area contributed by atoms with Crippen LogP contribution in [0.4, 0.5) is 0 Å². The van der Waals surface area contributed by atoms with Crippen molar-refractivity contribution in [3.8, 4) is 0 Å². The third-order valence-corrected chi connectivity index (χ3v) is 8.31. The van der Waals surface area contributed by atoms with Crippen LogP contribution >= 0.6 is 11.3 Å². The number of aryl methyl sites for hydroxylation is 1. The molecule has 32 heavy (non-hydrogen) atoms. The highest BCUT2D eigenvalue weighted by atomic mass is 32.1. The van der Waals surface area contributed by atoms with E-state index in [0.717, 1.165) is 45.1 Å². The Hall–Kier alpha value is -2.18. The fourth-order valence-electron chi connectivity index (χ4n) is 5.25. The molecule has 2 aromatic rings. The normalized spacial score (nSPS) is 23.0. The molecule has 0 spiro atoms. The Bertz CT molecular complexity index is 977. The van der Waals surface area contributed by atoms with Crippen LogP contribution in [-0.4, -0.2) is 54.0 Å². The van der Waals surface area contributed by atoms with Crippen molar-refractivity contribution in [1.82, 2.24) is 9.80 Å². The number of thiophene rings is 1. The lowest BCUT2D eigenvalue weighted by molar-refractivity contribution is -0.147. The van der Waals surface area contributed by atoms with Crippen molar-refractivity contribution in [3.63, 3.8) is 0 Å². The predicted octanol–water partition coefficient (Wildman–Crippen LogP) is 4.34. The van der Waals surface area contributed by atoms with Crippen molar-refractivity contribution < 1.29 is 14.3 Å². The minimum absolute atomic E-state index is 0.0424. The van der Waals surface area contributed by atoms with E-state index in [2.05, 4.69) is 36.6 Å². The number of fused-ring (bicyclic) bond motifs is 1. The molecule has 2 unspecified atom stereocenters. The fourth-order valence-corrected chi connectivity index (χ4v) is 6.15. The Morgan fingerprint density at radius 2 is 1.97 bits per heavy atom. The summed E-state index contributed by atoms with van der Waals surface area (Å²) < 4.78 is 5.82. The van der Waals surface area contributed by atoms with Crippen molar-refractivity contribution >= 4 is 23.2 Å². The molecule has 0 radical (unpaired) electrons. The van der Waals surface area contributed by atoms with Gasteiger partial charge < -0.3 is 14.5 Å². The first-order chi connectivity index (χ1) is 15.6. The molecule has 0 N–H and O–H groups in total. The highest BCUT2D eigenvalue weighted by Gasteiger charge is 2.37. The van der Waals surface area contributed by atoms with E-state index in [9.17, 15) is 9.59 Å². The van der Waals surface area contributed by atoms with E-state index in [1.165, 1.54) is 21.6 Å². The SMILES string of the molecule is Cc1ccccc1C1c2ccsc2CCN1C(=O)CN(CC1CCCO1)C(=O)C1CCC1. The van der Waals surface area contributed by atoms with Crippen LogP contribution in [0.1, 0.15) is 59.7 Å². The van der Waals surface area contributed by atoms with Crippen LogP contribution in [0.2, 0.25) is 0 Å². The van der Waals surface area contributed by atoms with E-state index in [0.29, 0.717) is 13.1 Å². The highest BCUT2D eigenvalue weighted by molar-refractivity contribution is 7.10. The Balaban J connectivity index is 1.40. The van der Waals surface area contributed by atoms with Crippen molar-refractivity contribution in [1.29, 1.82) is 0 Å². The number of carbonyl (C=O) groups excluding carboxylic acids is 2. The number of nitrogens with zero attached hydrogens (tertiary/aromatic N) is 2. The third-order valence-electron chi connectivity index (χ3n) is 7.31. The van der Waals surface area contributed by atoms with Gasteiger partial charge in [-0.1, -0.05) is 30.7 Å². The first-order valence-corrected chi connectivity index (χ1v) is 12.8. The van der Waals surface area contributed by atoms with E-state index >= 15 is 0 Å². The number of rotatable bonds is 6. The van der Waals surface area contributed by atoms with Gasteiger partial charge in [-0.05, 0) is 67.2 Å². The van der Waals surface area contributed by atoms with Gasteiger partial charge in [0, 0.05) is 30.5 Å². The molecule has 2 atom stereocenters. The van der Waals surface area contributed by atoms with E-state index in [4.69, 9.17) is 4.74 Å². The van der Waals surface area contributed by atoms with Crippen LogP contribution in [0.5, 0.6) is 0 Å². The second-order valence-electron chi connectivity index (χ2n) is 9.38. The van der Waals surface area contributed by atoms with Gasteiger partial charge in [-0.2, -0.15) is 0 Å². The summed E-state index contributed by atoms with van der Waals surface area (Å²) in [5, 5.41) is 2.13. The summed E-state index contributed by atoms with van der Waals surface area (Å²) in [6, 6.07) is 10.4. The smallest absolute Gasteiger partial charge is 0.242 e. The Labute approximate surface area is 194 Å². The topological polar surface area (TPSA) is 49.9 Å². The fraction of sp³-hybridized carbons (Fsp3) is 0.538. The van der Waals surface area contributed by atoms with E-state index < -0.39 is 0 Å². The molecule has 2 aliphatic heterocycles. The second kappa shape index (κ2) is 9.36. The Morgan fingerprint density at radius 1 is 1.12 bits per heavy atom.